The highest BCUT2D eigenvalue weighted by molar-refractivity contribution is 7.79. The second-order valence-corrected chi connectivity index (χ2v) is 12.1. The largest absolute Gasteiger partial charge is 0.313 e. The Kier molecular flexibility index (Phi) is 7.18. The molecular formula is C31H30NO3P. The van der Waals surface area contributed by atoms with E-state index in [1.807, 2.05) is 121 Å². The SMILES string of the molecule is CCC([C@@H]1C[C@@H](C(=O)c2ccccc2)N(c2ccccc2)O1)P(=O)(c1ccccc1)c1ccccc1. The molecule has 36 heavy (non-hydrogen) atoms. The van der Waals surface area contributed by atoms with Crippen molar-refractivity contribution in [1.29, 1.82) is 0 Å². The Morgan fingerprint density at radius 2 is 1.28 bits per heavy atom. The molecule has 3 atom stereocenters. The summed E-state index contributed by atoms with van der Waals surface area (Å²) in [6.07, 6.45) is 0.727. The molecule has 0 N–H and O–H groups in total. The fraction of sp³-hybridized carbons (Fsp3) is 0.194. The van der Waals surface area contributed by atoms with Crippen molar-refractivity contribution in [1.82, 2.24) is 0 Å². The van der Waals surface area contributed by atoms with E-state index in [0.29, 0.717) is 18.4 Å². The van der Waals surface area contributed by atoms with E-state index in [9.17, 15) is 4.79 Å². The summed E-state index contributed by atoms with van der Waals surface area (Å²) >= 11 is 0. The molecule has 0 radical (unpaired) electrons. The zero-order valence-electron chi connectivity index (χ0n) is 20.3. The van der Waals surface area contributed by atoms with Crippen LogP contribution in [0.3, 0.4) is 0 Å². The smallest absolute Gasteiger partial charge is 0.187 e. The summed E-state index contributed by atoms with van der Waals surface area (Å²) in [6.45, 7) is 2.06. The first kappa shape index (κ1) is 24.2. The fourth-order valence-electron chi connectivity index (χ4n) is 5.21. The Balaban J connectivity index is 1.57. The lowest BCUT2D eigenvalue weighted by atomic mass is 9.98. The lowest BCUT2D eigenvalue weighted by molar-refractivity contribution is 0.0746. The Morgan fingerprint density at radius 1 is 0.806 bits per heavy atom. The van der Waals surface area contributed by atoms with Gasteiger partial charge in [-0.15, -0.1) is 0 Å². The van der Waals surface area contributed by atoms with Gasteiger partial charge in [0.2, 0.25) is 0 Å². The van der Waals surface area contributed by atoms with Crippen LogP contribution in [0.4, 0.5) is 5.69 Å². The van der Waals surface area contributed by atoms with Gasteiger partial charge >= 0.3 is 0 Å². The fourth-order valence-corrected chi connectivity index (χ4v) is 8.67. The summed E-state index contributed by atoms with van der Waals surface area (Å²) in [5.74, 6) is 0.00561. The van der Waals surface area contributed by atoms with Crippen LogP contribution in [-0.4, -0.2) is 23.6 Å². The minimum atomic E-state index is -3.09. The molecule has 0 aromatic heterocycles. The van der Waals surface area contributed by atoms with Crippen LogP contribution >= 0.6 is 7.14 Å². The van der Waals surface area contributed by atoms with Gasteiger partial charge in [-0.25, -0.2) is 5.06 Å². The number of nitrogens with zero attached hydrogens (tertiary/aromatic N) is 1. The average molecular weight is 496 g/mol. The van der Waals surface area contributed by atoms with Gasteiger partial charge in [0, 0.05) is 28.3 Å². The van der Waals surface area contributed by atoms with Gasteiger partial charge < -0.3 is 4.57 Å². The molecule has 4 nitrogen and oxygen atoms in total. The highest BCUT2D eigenvalue weighted by Gasteiger charge is 2.48. The van der Waals surface area contributed by atoms with E-state index < -0.39 is 13.2 Å². The normalized spacial score (nSPS) is 18.6. The maximum absolute atomic E-state index is 15.1. The lowest BCUT2D eigenvalue weighted by Gasteiger charge is -2.32. The number of para-hydroxylation sites is 1. The van der Waals surface area contributed by atoms with Crippen LogP contribution in [0.5, 0.6) is 0 Å². The number of hydrogen-bond acceptors (Lipinski definition) is 4. The van der Waals surface area contributed by atoms with Crippen molar-refractivity contribution < 1.29 is 14.2 Å². The summed E-state index contributed by atoms with van der Waals surface area (Å²) < 4.78 is 15.1. The molecule has 1 heterocycles. The van der Waals surface area contributed by atoms with Crippen LogP contribution < -0.4 is 15.7 Å². The molecule has 5 heteroatoms. The monoisotopic (exact) mass is 495 g/mol. The molecule has 1 unspecified atom stereocenters. The number of Topliss-reactive ketones (excluding diaryl/α,β-unsaturated/α-hetero) is 1. The molecule has 1 aliphatic rings. The second-order valence-electron chi connectivity index (χ2n) is 9.09. The van der Waals surface area contributed by atoms with Crippen molar-refractivity contribution in [2.75, 3.05) is 5.06 Å². The average Bonchev–Trinajstić information content (AvgIpc) is 3.39. The molecule has 1 fully saturated rings. The van der Waals surface area contributed by atoms with Gasteiger partial charge in [0.25, 0.3) is 0 Å². The van der Waals surface area contributed by atoms with Crippen molar-refractivity contribution in [2.24, 2.45) is 0 Å². The predicted molar refractivity (Wildman–Crippen MR) is 147 cm³/mol. The van der Waals surface area contributed by atoms with E-state index in [-0.39, 0.29) is 17.5 Å². The molecule has 0 bridgehead atoms. The molecular weight excluding hydrogens is 465 g/mol. The predicted octanol–water partition coefficient (Wildman–Crippen LogP) is 6.24. The van der Waals surface area contributed by atoms with Crippen molar-refractivity contribution in [3.8, 4) is 0 Å². The summed E-state index contributed by atoms with van der Waals surface area (Å²) in [6, 6.07) is 38.0. The maximum atomic E-state index is 15.1. The van der Waals surface area contributed by atoms with Gasteiger partial charge in [-0.3, -0.25) is 9.63 Å². The Labute approximate surface area is 212 Å². The number of carbonyl (C=O) groups excluding carboxylic acids is 1. The van der Waals surface area contributed by atoms with Gasteiger partial charge in [-0.2, -0.15) is 0 Å². The second kappa shape index (κ2) is 10.7. The molecule has 0 amide bonds. The number of hydroxylamine groups is 1. The van der Waals surface area contributed by atoms with E-state index >= 15 is 4.57 Å². The lowest BCUT2D eigenvalue weighted by Crippen LogP contribution is -2.35. The number of anilines is 1. The zero-order valence-corrected chi connectivity index (χ0v) is 21.2. The molecule has 1 saturated heterocycles. The zero-order chi connectivity index (χ0) is 25.0. The molecule has 0 spiro atoms. The van der Waals surface area contributed by atoms with Gasteiger partial charge in [-0.1, -0.05) is 116 Å². The number of rotatable bonds is 8. The van der Waals surface area contributed by atoms with Crippen molar-refractivity contribution >= 4 is 29.2 Å². The molecule has 4 aromatic rings. The van der Waals surface area contributed by atoms with Crippen LogP contribution in [0.15, 0.2) is 121 Å². The summed E-state index contributed by atoms with van der Waals surface area (Å²) in [5, 5.41) is 3.37. The van der Waals surface area contributed by atoms with Gasteiger partial charge in [-0.05, 0) is 18.6 Å². The third kappa shape index (κ3) is 4.55. The third-order valence-electron chi connectivity index (χ3n) is 6.95. The van der Waals surface area contributed by atoms with Crippen molar-refractivity contribution in [3.05, 3.63) is 127 Å². The first-order valence-electron chi connectivity index (χ1n) is 12.4. The Hall–Kier alpha value is -3.46. The van der Waals surface area contributed by atoms with Crippen LogP contribution in [-0.2, 0) is 9.40 Å². The highest BCUT2D eigenvalue weighted by Crippen LogP contribution is 2.54. The molecule has 1 aliphatic heterocycles. The first-order chi connectivity index (χ1) is 17.6. The van der Waals surface area contributed by atoms with E-state index in [1.54, 1.807) is 5.06 Å². The third-order valence-corrected chi connectivity index (χ3v) is 10.7. The molecule has 5 rings (SSSR count). The van der Waals surface area contributed by atoms with Crippen LogP contribution in [0.25, 0.3) is 0 Å². The van der Waals surface area contributed by atoms with Crippen LogP contribution in [0.2, 0.25) is 0 Å². The standard InChI is InChI=1S/C31H30NO3P/c1-2-30(36(34,26-19-11-5-12-20-26)27-21-13-6-14-22-27)29-23-28(31(33)24-15-7-3-8-16-24)32(35-29)25-17-9-4-10-18-25/h3-22,28-30H,2,23H2,1H3/t28-,29-,30?/m0/s1. The molecule has 4 aromatic carbocycles. The molecule has 182 valence electrons. The number of hydrogen-bond donors (Lipinski definition) is 0. The minimum absolute atomic E-state index is 0.00561. The van der Waals surface area contributed by atoms with Gasteiger partial charge in [0.05, 0.1) is 11.8 Å². The van der Waals surface area contributed by atoms with E-state index in [4.69, 9.17) is 4.84 Å². The Morgan fingerprint density at radius 3 is 1.78 bits per heavy atom. The van der Waals surface area contributed by atoms with Crippen molar-refractivity contribution in [2.45, 2.75) is 37.6 Å². The maximum Gasteiger partial charge on any atom is 0.187 e. The van der Waals surface area contributed by atoms with Gasteiger partial charge in [0.1, 0.15) is 13.2 Å². The summed E-state index contributed by atoms with van der Waals surface area (Å²) in [5.41, 5.74) is 1.18. The number of carbonyl (C=O) groups is 1. The number of ketones is 1. The molecule has 0 saturated carbocycles. The van der Waals surface area contributed by atoms with E-state index in [0.717, 1.165) is 16.3 Å². The van der Waals surface area contributed by atoms with Crippen LogP contribution in [0, 0.1) is 0 Å². The van der Waals surface area contributed by atoms with E-state index in [1.165, 1.54) is 0 Å². The number of benzene rings is 4. The van der Waals surface area contributed by atoms with Crippen molar-refractivity contribution in [3.63, 3.8) is 0 Å². The summed E-state index contributed by atoms with van der Waals surface area (Å²) in [7, 11) is -3.09. The highest BCUT2D eigenvalue weighted by atomic mass is 31.2. The quantitative estimate of drug-likeness (QED) is 0.214. The first-order valence-corrected chi connectivity index (χ1v) is 14.2. The Bertz CT molecular complexity index is 1290. The minimum Gasteiger partial charge on any atom is -0.313 e. The molecule has 0 aliphatic carbocycles. The van der Waals surface area contributed by atoms with Crippen LogP contribution in [0.1, 0.15) is 30.1 Å². The summed E-state index contributed by atoms with van der Waals surface area (Å²) in [4.78, 5) is 20.3. The van der Waals surface area contributed by atoms with E-state index in [2.05, 4.69) is 6.92 Å². The topological polar surface area (TPSA) is 46.6 Å². The van der Waals surface area contributed by atoms with Gasteiger partial charge in [0.15, 0.2) is 5.78 Å².